The Hall–Kier alpha value is -1.39. The Labute approximate surface area is 114 Å². The van der Waals surface area contributed by atoms with Crippen molar-refractivity contribution < 1.29 is 9.90 Å². The van der Waals surface area contributed by atoms with Crippen LogP contribution < -0.4 is 0 Å². The fraction of sp³-hybridized carbons (Fsp3) is 0.533. The van der Waals surface area contributed by atoms with Crippen molar-refractivity contribution >= 4 is 5.97 Å². The maximum atomic E-state index is 11.0. The first-order chi connectivity index (χ1) is 9.06. The van der Waals surface area contributed by atoms with Gasteiger partial charge < -0.3 is 10.0 Å². The van der Waals surface area contributed by atoms with Crippen LogP contribution in [0.3, 0.4) is 0 Å². The molecule has 1 aliphatic heterocycles. The first-order valence-corrected chi connectivity index (χ1v) is 6.78. The van der Waals surface area contributed by atoms with Crippen LogP contribution in [-0.2, 0) is 13.0 Å². The SMILES string of the molecule is CN(C)CCCN1CCc2ccc(C(=O)O)cc2C1. The zero-order chi connectivity index (χ0) is 13.8. The average molecular weight is 262 g/mol. The molecule has 1 N–H and O–H groups in total. The number of carbonyl (C=O) groups is 1. The molecule has 0 saturated carbocycles. The number of rotatable bonds is 5. The van der Waals surface area contributed by atoms with Gasteiger partial charge in [-0.05, 0) is 63.3 Å². The number of carboxylic acid groups (broad SMARTS) is 1. The van der Waals surface area contributed by atoms with E-state index in [4.69, 9.17) is 5.11 Å². The van der Waals surface area contributed by atoms with Gasteiger partial charge in [0.2, 0.25) is 0 Å². The van der Waals surface area contributed by atoms with Crippen LogP contribution in [0.5, 0.6) is 0 Å². The Bertz CT molecular complexity index is 457. The van der Waals surface area contributed by atoms with Crippen LogP contribution in [0.2, 0.25) is 0 Å². The van der Waals surface area contributed by atoms with Crippen LogP contribution in [0.25, 0.3) is 0 Å². The Kier molecular flexibility index (Phi) is 4.56. The summed E-state index contributed by atoms with van der Waals surface area (Å²) in [5.41, 5.74) is 2.87. The van der Waals surface area contributed by atoms with E-state index in [-0.39, 0.29) is 0 Å². The lowest BCUT2D eigenvalue weighted by molar-refractivity contribution is 0.0696. The summed E-state index contributed by atoms with van der Waals surface area (Å²) in [6.07, 6.45) is 2.18. The molecule has 0 bridgehead atoms. The van der Waals surface area contributed by atoms with Gasteiger partial charge in [0.1, 0.15) is 0 Å². The van der Waals surface area contributed by atoms with E-state index in [0.717, 1.165) is 39.0 Å². The van der Waals surface area contributed by atoms with E-state index >= 15 is 0 Å². The lowest BCUT2D eigenvalue weighted by atomic mass is 9.97. The van der Waals surface area contributed by atoms with Crippen LogP contribution in [0.15, 0.2) is 18.2 Å². The fourth-order valence-corrected chi connectivity index (χ4v) is 2.55. The lowest BCUT2D eigenvalue weighted by Crippen LogP contribution is -2.32. The van der Waals surface area contributed by atoms with Gasteiger partial charge in [-0.1, -0.05) is 6.07 Å². The van der Waals surface area contributed by atoms with Crippen LogP contribution in [0.1, 0.15) is 27.9 Å². The third-order valence-electron chi connectivity index (χ3n) is 3.62. The molecule has 1 aromatic carbocycles. The van der Waals surface area contributed by atoms with Crippen molar-refractivity contribution in [3.05, 3.63) is 34.9 Å². The van der Waals surface area contributed by atoms with Crippen molar-refractivity contribution in [3.63, 3.8) is 0 Å². The van der Waals surface area contributed by atoms with Crippen molar-refractivity contribution in [3.8, 4) is 0 Å². The first-order valence-electron chi connectivity index (χ1n) is 6.78. The minimum absolute atomic E-state index is 0.397. The molecule has 0 spiro atoms. The van der Waals surface area contributed by atoms with E-state index in [0.29, 0.717) is 5.56 Å². The highest BCUT2D eigenvalue weighted by molar-refractivity contribution is 5.87. The van der Waals surface area contributed by atoms with E-state index in [1.165, 1.54) is 11.1 Å². The predicted molar refractivity (Wildman–Crippen MR) is 75.6 cm³/mol. The van der Waals surface area contributed by atoms with Gasteiger partial charge in [-0.3, -0.25) is 4.90 Å². The number of fused-ring (bicyclic) bond motifs is 1. The lowest BCUT2D eigenvalue weighted by Gasteiger charge is -2.29. The molecular weight excluding hydrogens is 240 g/mol. The molecule has 1 aromatic rings. The van der Waals surface area contributed by atoms with Crippen LogP contribution in [0, 0.1) is 0 Å². The second-order valence-corrected chi connectivity index (χ2v) is 5.47. The van der Waals surface area contributed by atoms with Crippen LogP contribution in [-0.4, -0.2) is 54.6 Å². The Morgan fingerprint density at radius 2 is 2.16 bits per heavy atom. The number of aromatic carboxylic acids is 1. The number of nitrogens with zero attached hydrogens (tertiary/aromatic N) is 2. The third-order valence-corrected chi connectivity index (χ3v) is 3.62. The highest BCUT2D eigenvalue weighted by atomic mass is 16.4. The standard InChI is InChI=1S/C15H22N2O2/c1-16(2)7-3-8-17-9-6-12-4-5-13(15(18)19)10-14(12)11-17/h4-5,10H,3,6-9,11H2,1-2H3,(H,18,19). The van der Waals surface area contributed by atoms with Gasteiger partial charge in [-0.15, -0.1) is 0 Å². The molecule has 4 heteroatoms. The molecule has 0 atom stereocenters. The van der Waals surface area contributed by atoms with Crippen LogP contribution in [0.4, 0.5) is 0 Å². The summed E-state index contributed by atoms with van der Waals surface area (Å²) in [5.74, 6) is -0.840. The molecule has 4 nitrogen and oxygen atoms in total. The maximum Gasteiger partial charge on any atom is 0.335 e. The molecular formula is C15H22N2O2. The molecule has 0 fully saturated rings. The van der Waals surface area contributed by atoms with E-state index in [1.807, 2.05) is 12.1 Å². The Morgan fingerprint density at radius 3 is 2.84 bits per heavy atom. The molecule has 1 aliphatic rings. The van der Waals surface area contributed by atoms with Gasteiger partial charge in [0, 0.05) is 13.1 Å². The number of hydrogen-bond acceptors (Lipinski definition) is 3. The van der Waals surface area contributed by atoms with Crippen LogP contribution >= 0.6 is 0 Å². The van der Waals surface area contributed by atoms with Gasteiger partial charge in [0.15, 0.2) is 0 Å². The summed E-state index contributed by atoms with van der Waals surface area (Å²) in [5, 5.41) is 9.04. The quantitative estimate of drug-likeness (QED) is 0.877. The molecule has 0 aliphatic carbocycles. The summed E-state index contributed by atoms with van der Waals surface area (Å²) in [6.45, 7) is 4.13. The van der Waals surface area contributed by atoms with Gasteiger partial charge in [0.25, 0.3) is 0 Å². The number of hydrogen-bond donors (Lipinski definition) is 1. The molecule has 1 heterocycles. The third kappa shape index (κ3) is 3.78. The Morgan fingerprint density at radius 1 is 1.37 bits per heavy atom. The van der Waals surface area contributed by atoms with Gasteiger partial charge in [0.05, 0.1) is 5.56 Å². The summed E-state index contributed by atoms with van der Waals surface area (Å²) in [6, 6.07) is 5.51. The normalized spacial score (nSPS) is 15.5. The Balaban J connectivity index is 1.97. The average Bonchev–Trinajstić information content (AvgIpc) is 2.37. The molecule has 0 amide bonds. The van der Waals surface area contributed by atoms with Crippen molar-refractivity contribution in [1.29, 1.82) is 0 Å². The highest BCUT2D eigenvalue weighted by Gasteiger charge is 2.17. The molecule has 2 rings (SSSR count). The molecule has 19 heavy (non-hydrogen) atoms. The highest BCUT2D eigenvalue weighted by Crippen LogP contribution is 2.20. The van der Waals surface area contributed by atoms with E-state index < -0.39 is 5.97 Å². The summed E-state index contributed by atoms with van der Waals surface area (Å²) in [7, 11) is 4.18. The van der Waals surface area contributed by atoms with Crippen molar-refractivity contribution in [1.82, 2.24) is 9.80 Å². The molecule has 0 saturated heterocycles. The van der Waals surface area contributed by atoms with E-state index in [2.05, 4.69) is 23.9 Å². The van der Waals surface area contributed by atoms with E-state index in [1.54, 1.807) is 6.07 Å². The zero-order valence-electron chi connectivity index (χ0n) is 11.7. The van der Waals surface area contributed by atoms with Crippen molar-refractivity contribution in [2.45, 2.75) is 19.4 Å². The smallest absolute Gasteiger partial charge is 0.335 e. The predicted octanol–water partition coefficient (Wildman–Crippen LogP) is 1.69. The number of carboxylic acids is 1. The molecule has 0 aromatic heterocycles. The van der Waals surface area contributed by atoms with Crippen molar-refractivity contribution in [2.75, 3.05) is 33.7 Å². The largest absolute Gasteiger partial charge is 0.478 e. The molecule has 0 radical (unpaired) electrons. The fourth-order valence-electron chi connectivity index (χ4n) is 2.55. The van der Waals surface area contributed by atoms with Gasteiger partial charge in [-0.25, -0.2) is 4.79 Å². The van der Waals surface area contributed by atoms with Gasteiger partial charge >= 0.3 is 5.97 Å². The second kappa shape index (κ2) is 6.17. The molecule has 104 valence electrons. The zero-order valence-corrected chi connectivity index (χ0v) is 11.7. The first kappa shape index (κ1) is 14.0. The summed E-state index contributed by atoms with van der Waals surface area (Å²) < 4.78 is 0. The minimum atomic E-state index is -0.840. The van der Waals surface area contributed by atoms with E-state index in [9.17, 15) is 4.79 Å². The molecule has 0 unspecified atom stereocenters. The summed E-state index contributed by atoms with van der Waals surface area (Å²) in [4.78, 5) is 15.6. The monoisotopic (exact) mass is 262 g/mol. The maximum absolute atomic E-state index is 11.0. The van der Waals surface area contributed by atoms with Gasteiger partial charge in [-0.2, -0.15) is 0 Å². The minimum Gasteiger partial charge on any atom is -0.478 e. The summed E-state index contributed by atoms with van der Waals surface area (Å²) >= 11 is 0. The second-order valence-electron chi connectivity index (χ2n) is 5.47. The number of benzene rings is 1. The topological polar surface area (TPSA) is 43.8 Å². The van der Waals surface area contributed by atoms with Crippen molar-refractivity contribution in [2.24, 2.45) is 0 Å².